The van der Waals surface area contributed by atoms with Crippen LogP contribution < -0.4 is 15.8 Å². The van der Waals surface area contributed by atoms with Crippen molar-refractivity contribution in [1.29, 1.82) is 0 Å². The number of primary amides is 1. The molecule has 184 valence electrons. The van der Waals surface area contributed by atoms with Crippen molar-refractivity contribution in [2.75, 3.05) is 18.9 Å². The molecule has 0 saturated heterocycles. The van der Waals surface area contributed by atoms with E-state index in [2.05, 4.69) is 15.4 Å². The van der Waals surface area contributed by atoms with E-state index in [-0.39, 0.29) is 18.1 Å². The quantitative estimate of drug-likeness (QED) is 0.427. The molecule has 2 amide bonds. The Balaban J connectivity index is 1.45. The van der Waals surface area contributed by atoms with Gasteiger partial charge in [0.2, 0.25) is 0 Å². The van der Waals surface area contributed by atoms with Crippen LogP contribution >= 0.6 is 0 Å². The number of rotatable bonds is 6. The van der Waals surface area contributed by atoms with E-state index in [1.165, 1.54) is 17.3 Å². The Morgan fingerprint density at radius 1 is 1.14 bits per heavy atom. The molecule has 1 aliphatic heterocycles. The zero-order valence-electron chi connectivity index (χ0n) is 19.9. The molecule has 0 aliphatic carbocycles. The van der Waals surface area contributed by atoms with Crippen molar-refractivity contribution in [2.45, 2.75) is 25.4 Å². The number of likely N-dealkylation sites (N-methyl/N-ethyl adjacent to an activating group) is 1. The largest absolute Gasteiger partial charge is 0.457 e. The summed E-state index contributed by atoms with van der Waals surface area (Å²) < 4.78 is 8.83. The maximum absolute atomic E-state index is 12.8. The van der Waals surface area contributed by atoms with E-state index >= 15 is 0 Å². The lowest BCUT2D eigenvalue weighted by molar-refractivity contribution is 0.100. The first-order valence-corrected chi connectivity index (χ1v) is 11.6. The molecule has 0 spiro atoms. The standard InChI is InChI=1S/C25H26N8O3/c1-16(31(2)25(35)32-15-27-14-29-32)20-12-13-28-24-21(23(26)34)22(30-33(20)24)17-8-10-19(11-9-17)36-18-6-4-3-5-7-18/h3-11,14-16,20,28H,12-13H2,1-2H3,(H2,26,34). The molecular weight excluding hydrogens is 460 g/mol. The van der Waals surface area contributed by atoms with Crippen molar-refractivity contribution < 1.29 is 14.3 Å². The molecule has 2 unspecified atom stereocenters. The van der Waals surface area contributed by atoms with E-state index in [1.807, 2.05) is 61.5 Å². The zero-order valence-corrected chi connectivity index (χ0v) is 19.9. The van der Waals surface area contributed by atoms with Crippen LogP contribution in [0.5, 0.6) is 11.5 Å². The molecular formula is C25H26N8O3. The third-order valence-corrected chi connectivity index (χ3v) is 6.39. The first kappa shape index (κ1) is 23.1. The zero-order chi connectivity index (χ0) is 25.2. The lowest BCUT2D eigenvalue weighted by Gasteiger charge is -2.35. The Kier molecular flexibility index (Phi) is 6.11. The van der Waals surface area contributed by atoms with Crippen molar-refractivity contribution in [3.63, 3.8) is 0 Å². The maximum atomic E-state index is 12.8. The molecule has 11 nitrogen and oxygen atoms in total. The summed E-state index contributed by atoms with van der Waals surface area (Å²) in [6.45, 7) is 2.55. The average Bonchev–Trinajstić information content (AvgIpc) is 3.57. The summed E-state index contributed by atoms with van der Waals surface area (Å²) in [6, 6.07) is 16.1. The fourth-order valence-electron chi connectivity index (χ4n) is 4.39. The lowest BCUT2D eigenvalue weighted by Crippen LogP contribution is -2.45. The molecule has 4 aromatic rings. The number of nitrogens with two attached hydrogens (primary N) is 1. The van der Waals surface area contributed by atoms with Crippen LogP contribution in [0.1, 0.15) is 29.7 Å². The van der Waals surface area contributed by atoms with Gasteiger partial charge in [-0.1, -0.05) is 18.2 Å². The number of anilines is 1. The minimum Gasteiger partial charge on any atom is -0.457 e. The van der Waals surface area contributed by atoms with E-state index in [0.717, 1.165) is 11.3 Å². The summed E-state index contributed by atoms with van der Waals surface area (Å²) in [5.41, 5.74) is 7.32. The minimum atomic E-state index is -0.580. The summed E-state index contributed by atoms with van der Waals surface area (Å²) in [6.07, 6.45) is 3.38. The van der Waals surface area contributed by atoms with Gasteiger partial charge in [-0.2, -0.15) is 14.9 Å². The number of amides is 2. The summed E-state index contributed by atoms with van der Waals surface area (Å²) >= 11 is 0. The topological polar surface area (TPSA) is 133 Å². The average molecular weight is 487 g/mol. The molecule has 11 heteroatoms. The highest BCUT2D eigenvalue weighted by Gasteiger charge is 2.35. The van der Waals surface area contributed by atoms with E-state index < -0.39 is 5.91 Å². The fourth-order valence-corrected chi connectivity index (χ4v) is 4.39. The maximum Gasteiger partial charge on any atom is 0.346 e. The predicted molar refractivity (Wildman–Crippen MR) is 133 cm³/mol. The first-order valence-electron chi connectivity index (χ1n) is 11.6. The number of carbonyl (C=O) groups is 2. The van der Waals surface area contributed by atoms with Crippen molar-refractivity contribution in [1.82, 2.24) is 29.4 Å². The van der Waals surface area contributed by atoms with Crippen LogP contribution in [0.2, 0.25) is 0 Å². The Morgan fingerprint density at radius 2 is 1.86 bits per heavy atom. The van der Waals surface area contributed by atoms with E-state index in [0.29, 0.717) is 35.8 Å². The summed E-state index contributed by atoms with van der Waals surface area (Å²) in [7, 11) is 1.71. The van der Waals surface area contributed by atoms with Crippen molar-refractivity contribution in [3.8, 4) is 22.8 Å². The molecule has 3 N–H and O–H groups in total. The highest BCUT2D eigenvalue weighted by Crippen LogP contribution is 2.37. The van der Waals surface area contributed by atoms with Crippen molar-refractivity contribution >= 4 is 17.8 Å². The monoisotopic (exact) mass is 486 g/mol. The second-order valence-electron chi connectivity index (χ2n) is 8.58. The summed E-state index contributed by atoms with van der Waals surface area (Å²) in [4.78, 5) is 30.8. The normalized spacial score (nSPS) is 15.4. The van der Waals surface area contributed by atoms with E-state index in [4.69, 9.17) is 15.6 Å². The van der Waals surface area contributed by atoms with Gasteiger partial charge in [-0.15, -0.1) is 0 Å². The molecule has 2 aromatic carbocycles. The van der Waals surface area contributed by atoms with Crippen molar-refractivity contribution in [3.05, 3.63) is 72.8 Å². The highest BCUT2D eigenvalue weighted by molar-refractivity contribution is 6.03. The third kappa shape index (κ3) is 4.26. The van der Waals surface area contributed by atoms with Crippen LogP contribution in [-0.4, -0.2) is 61.0 Å². The summed E-state index contributed by atoms with van der Waals surface area (Å²) in [5.74, 6) is 1.36. The number of fused-ring (bicyclic) bond motifs is 1. The number of benzene rings is 2. The minimum absolute atomic E-state index is 0.189. The Hall–Kier alpha value is -4.67. The molecule has 2 aromatic heterocycles. The third-order valence-electron chi connectivity index (χ3n) is 6.39. The van der Waals surface area contributed by atoms with Crippen molar-refractivity contribution in [2.24, 2.45) is 5.73 Å². The van der Waals surface area contributed by atoms with Gasteiger partial charge in [0.05, 0.1) is 12.1 Å². The fraction of sp³-hybridized carbons (Fsp3) is 0.240. The van der Waals surface area contributed by atoms with Gasteiger partial charge in [-0.25, -0.2) is 14.5 Å². The number of para-hydroxylation sites is 1. The van der Waals surface area contributed by atoms with Crippen LogP contribution in [0.25, 0.3) is 11.3 Å². The SMILES string of the molecule is CC(C1CCNc2c(C(N)=O)c(-c3ccc(Oc4ccccc4)cc3)nn21)N(C)C(=O)n1cncn1. The smallest absolute Gasteiger partial charge is 0.346 e. The number of hydrogen-bond donors (Lipinski definition) is 2. The number of aromatic nitrogens is 5. The molecule has 0 radical (unpaired) electrons. The molecule has 0 fully saturated rings. The second kappa shape index (κ2) is 9.53. The van der Waals surface area contributed by atoms with Gasteiger partial charge in [-0.05, 0) is 49.7 Å². The number of nitrogens with zero attached hydrogens (tertiary/aromatic N) is 6. The lowest BCUT2D eigenvalue weighted by atomic mass is 10.0. The van der Waals surface area contributed by atoms with E-state index in [9.17, 15) is 9.59 Å². The Labute approximate surface area is 207 Å². The molecule has 0 bridgehead atoms. The number of ether oxygens (including phenoxy) is 1. The molecule has 5 rings (SSSR count). The highest BCUT2D eigenvalue weighted by atomic mass is 16.5. The van der Waals surface area contributed by atoms with Gasteiger partial charge >= 0.3 is 6.03 Å². The molecule has 2 atom stereocenters. The van der Waals surface area contributed by atoms with Crippen LogP contribution in [0.15, 0.2) is 67.3 Å². The van der Waals surface area contributed by atoms with Crippen LogP contribution in [0.3, 0.4) is 0 Å². The van der Waals surface area contributed by atoms with E-state index in [1.54, 1.807) is 16.6 Å². The molecule has 36 heavy (non-hydrogen) atoms. The van der Waals surface area contributed by atoms with Crippen LogP contribution in [0, 0.1) is 0 Å². The number of hydrogen-bond acceptors (Lipinski definition) is 7. The van der Waals surface area contributed by atoms with Gasteiger partial charge in [0.15, 0.2) is 0 Å². The number of carbonyl (C=O) groups excluding carboxylic acids is 2. The molecule has 3 heterocycles. The van der Waals surface area contributed by atoms with Gasteiger partial charge in [0.25, 0.3) is 5.91 Å². The van der Waals surface area contributed by atoms with Gasteiger partial charge in [0.1, 0.15) is 41.2 Å². The van der Waals surface area contributed by atoms with Gasteiger partial charge in [-0.3, -0.25) is 4.79 Å². The number of nitrogens with one attached hydrogen (secondary N) is 1. The van der Waals surface area contributed by atoms with Crippen LogP contribution in [-0.2, 0) is 0 Å². The molecule has 1 aliphatic rings. The molecule has 0 saturated carbocycles. The Morgan fingerprint density at radius 3 is 2.53 bits per heavy atom. The first-order chi connectivity index (χ1) is 17.4. The predicted octanol–water partition coefficient (Wildman–Crippen LogP) is 3.38. The van der Waals surface area contributed by atoms with Gasteiger partial charge in [0, 0.05) is 19.2 Å². The van der Waals surface area contributed by atoms with Crippen LogP contribution in [0.4, 0.5) is 10.6 Å². The second-order valence-corrected chi connectivity index (χ2v) is 8.58. The van der Waals surface area contributed by atoms with Gasteiger partial charge < -0.3 is 20.7 Å². The summed E-state index contributed by atoms with van der Waals surface area (Å²) in [5, 5.41) is 12.0. The Bertz CT molecular complexity index is 1370.